The van der Waals surface area contributed by atoms with Crippen molar-refractivity contribution in [2.45, 2.75) is 39.7 Å². The van der Waals surface area contributed by atoms with Gasteiger partial charge in [-0.05, 0) is 39.7 Å². The minimum absolute atomic E-state index is 0.211. The molecule has 0 amide bonds. The Morgan fingerprint density at radius 1 is 1.17 bits per heavy atom. The number of aryl methyl sites for hydroxylation is 2. The fraction of sp³-hybridized carbons (Fsp3) is 0.526. The molecule has 1 atom stereocenters. The van der Waals surface area contributed by atoms with Crippen LogP contribution in [0.5, 0.6) is 0 Å². The van der Waals surface area contributed by atoms with Crippen molar-refractivity contribution in [3.8, 4) is 11.8 Å². The van der Waals surface area contributed by atoms with E-state index in [1.807, 2.05) is 13.8 Å². The molecule has 0 aromatic carbocycles. The van der Waals surface area contributed by atoms with E-state index in [2.05, 4.69) is 34.7 Å². The largest absolute Gasteiger partial charge is 0.375 e. The maximum atomic E-state index is 5.64. The highest BCUT2D eigenvalue weighted by Crippen LogP contribution is 2.28. The lowest BCUT2D eigenvalue weighted by Gasteiger charge is -2.32. The fourth-order valence-electron chi connectivity index (χ4n) is 2.88. The fourth-order valence-corrected chi connectivity index (χ4v) is 2.88. The number of aromatic nitrogens is 3. The Balaban J connectivity index is 1.82. The molecular weight excluding hydrogens is 300 g/mol. The smallest absolute Gasteiger partial charge is 0.181 e. The number of anilines is 1. The van der Waals surface area contributed by atoms with Gasteiger partial charge in [-0.25, -0.2) is 15.0 Å². The van der Waals surface area contributed by atoms with Gasteiger partial charge in [0.25, 0.3) is 0 Å². The van der Waals surface area contributed by atoms with Gasteiger partial charge in [-0.3, -0.25) is 0 Å². The van der Waals surface area contributed by atoms with Gasteiger partial charge in [-0.1, -0.05) is 11.8 Å². The van der Waals surface area contributed by atoms with Crippen LogP contribution >= 0.6 is 0 Å². The molecule has 2 fully saturated rings. The van der Waals surface area contributed by atoms with E-state index >= 15 is 0 Å². The average Bonchev–Trinajstić information content (AvgIpc) is 3.38. The summed E-state index contributed by atoms with van der Waals surface area (Å²) in [6.45, 7) is 8.46. The Bertz CT molecular complexity index is 848. The molecule has 2 aromatic heterocycles. The predicted molar refractivity (Wildman–Crippen MR) is 94.0 cm³/mol. The molecule has 0 spiro atoms. The van der Waals surface area contributed by atoms with Crippen LogP contribution in [-0.4, -0.2) is 40.8 Å². The molecular formula is C19H22N4O. The van der Waals surface area contributed by atoms with Gasteiger partial charge in [-0.15, -0.1) is 0 Å². The summed E-state index contributed by atoms with van der Waals surface area (Å²) < 4.78 is 5.64. The summed E-state index contributed by atoms with van der Waals surface area (Å²) in [5.74, 6) is 8.17. The standard InChI is InChI=1S/C19H22N4O/c1-12-11-23(8-9-24-12)17-10-16(7-6-15-4-5-15)18-19(22-17)21-14(3)13(2)20-18/h10,12,15H,4-5,8-9,11H2,1-3H3. The Hall–Kier alpha value is -2.19. The minimum atomic E-state index is 0.211. The second-order valence-corrected chi connectivity index (χ2v) is 6.77. The van der Waals surface area contributed by atoms with Crippen molar-refractivity contribution in [2.75, 3.05) is 24.6 Å². The van der Waals surface area contributed by atoms with E-state index in [0.29, 0.717) is 11.6 Å². The van der Waals surface area contributed by atoms with Gasteiger partial charge in [0.05, 0.1) is 29.7 Å². The molecule has 124 valence electrons. The van der Waals surface area contributed by atoms with Crippen LogP contribution in [0.25, 0.3) is 11.2 Å². The molecule has 1 unspecified atom stereocenters. The van der Waals surface area contributed by atoms with Crippen molar-refractivity contribution in [1.29, 1.82) is 0 Å². The molecule has 0 bridgehead atoms. The maximum Gasteiger partial charge on any atom is 0.181 e. The summed E-state index contributed by atoms with van der Waals surface area (Å²) in [6, 6.07) is 2.07. The van der Waals surface area contributed by atoms with Crippen molar-refractivity contribution in [3.05, 3.63) is 23.0 Å². The van der Waals surface area contributed by atoms with Crippen LogP contribution in [0.4, 0.5) is 5.82 Å². The molecule has 5 heteroatoms. The zero-order valence-electron chi connectivity index (χ0n) is 14.5. The number of hydrogen-bond donors (Lipinski definition) is 0. The molecule has 24 heavy (non-hydrogen) atoms. The lowest BCUT2D eigenvalue weighted by Crippen LogP contribution is -2.41. The molecule has 5 nitrogen and oxygen atoms in total. The van der Waals surface area contributed by atoms with Crippen LogP contribution in [0, 0.1) is 31.6 Å². The first-order valence-electron chi connectivity index (χ1n) is 8.64. The highest BCUT2D eigenvalue weighted by Gasteiger charge is 2.21. The zero-order chi connectivity index (χ0) is 16.7. The summed E-state index contributed by atoms with van der Waals surface area (Å²) in [5, 5.41) is 0. The third-order valence-electron chi connectivity index (χ3n) is 4.59. The number of hydrogen-bond acceptors (Lipinski definition) is 5. The summed E-state index contributed by atoms with van der Waals surface area (Å²) in [4.78, 5) is 16.4. The molecule has 1 saturated heterocycles. The summed E-state index contributed by atoms with van der Waals surface area (Å²) in [6.07, 6.45) is 2.64. The van der Waals surface area contributed by atoms with Crippen molar-refractivity contribution in [3.63, 3.8) is 0 Å². The summed E-state index contributed by atoms with van der Waals surface area (Å²) >= 11 is 0. The van der Waals surface area contributed by atoms with Crippen molar-refractivity contribution in [2.24, 2.45) is 5.92 Å². The number of morpholine rings is 1. The van der Waals surface area contributed by atoms with Crippen LogP contribution in [-0.2, 0) is 4.74 Å². The first kappa shape index (κ1) is 15.3. The Labute approximate surface area is 142 Å². The lowest BCUT2D eigenvalue weighted by molar-refractivity contribution is 0.0529. The van der Waals surface area contributed by atoms with Crippen molar-refractivity contribution in [1.82, 2.24) is 15.0 Å². The second kappa shape index (κ2) is 6.03. The molecule has 0 N–H and O–H groups in total. The molecule has 2 aliphatic rings. The number of rotatable bonds is 1. The lowest BCUT2D eigenvalue weighted by atomic mass is 10.2. The van der Waals surface area contributed by atoms with E-state index in [4.69, 9.17) is 14.7 Å². The van der Waals surface area contributed by atoms with Gasteiger partial charge in [0.1, 0.15) is 11.3 Å². The highest BCUT2D eigenvalue weighted by atomic mass is 16.5. The van der Waals surface area contributed by atoms with Crippen LogP contribution in [0.15, 0.2) is 6.07 Å². The van der Waals surface area contributed by atoms with Crippen LogP contribution in [0.2, 0.25) is 0 Å². The number of nitrogens with zero attached hydrogens (tertiary/aromatic N) is 4. The Morgan fingerprint density at radius 2 is 1.96 bits per heavy atom. The third kappa shape index (κ3) is 3.07. The van der Waals surface area contributed by atoms with Crippen molar-refractivity contribution >= 4 is 17.0 Å². The van der Waals surface area contributed by atoms with Gasteiger partial charge in [0, 0.05) is 19.0 Å². The zero-order valence-corrected chi connectivity index (χ0v) is 14.5. The second-order valence-electron chi connectivity index (χ2n) is 6.77. The molecule has 1 aliphatic heterocycles. The van der Waals surface area contributed by atoms with Crippen LogP contribution in [0.3, 0.4) is 0 Å². The van der Waals surface area contributed by atoms with E-state index in [9.17, 15) is 0 Å². The van der Waals surface area contributed by atoms with E-state index in [1.54, 1.807) is 0 Å². The van der Waals surface area contributed by atoms with E-state index in [-0.39, 0.29) is 6.10 Å². The van der Waals surface area contributed by atoms with Crippen LogP contribution < -0.4 is 4.90 Å². The normalized spacial score (nSPS) is 20.8. The van der Waals surface area contributed by atoms with Crippen molar-refractivity contribution < 1.29 is 4.74 Å². The van der Waals surface area contributed by atoms with Gasteiger partial charge >= 0.3 is 0 Å². The molecule has 1 saturated carbocycles. The van der Waals surface area contributed by atoms with Crippen LogP contribution in [0.1, 0.15) is 36.7 Å². The van der Waals surface area contributed by atoms with Gasteiger partial charge in [0.2, 0.25) is 0 Å². The number of fused-ring (bicyclic) bond motifs is 1. The Morgan fingerprint density at radius 3 is 2.71 bits per heavy atom. The van der Waals surface area contributed by atoms with E-state index in [0.717, 1.165) is 48.0 Å². The predicted octanol–water partition coefficient (Wildman–Crippen LogP) is 2.63. The molecule has 2 aromatic rings. The Kier molecular flexibility index (Phi) is 3.85. The first-order valence-corrected chi connectivity index (χ1v) is 8.64. The van der Waals surface area contributed by atoms with E-state index < -0.39 is 0 Å². The number of pyridine rings is 1. The molecule has 3 heterocycles. The molecule has 1 aliphatic carbocycles. The summed E-state index contributed by atoms with van der Waals surface area (Å²) in [5.41, 5.74) is 4.30. The van der Waals surface area contributed by atoms with Gasteiger partial charge in [0.15, 0.2) is 5.65 Å². The number of ether oxygens (including phenoxy) is 1. The highest BCUT2D eigenvalue weighted by molar-refractivity contribution is 5.80. The third-order valence-corrected chi connectivity index (χ3v) is 4.59. The van der Waals surface area contributed by atoms with Gasteiger partial charge in [-0.2, -0.15) is 0 Å². The molecule has 0 radical (unpaired) electrons. The minimum Gasteiger partial charge on any atom is -0.375 e. The summed E-state index contributed by atoms with van der Waals surface area (Å²) in [7, 11) is 0. The maximum absolute atomic E-state index is 5.64. The average molecular weight is 322 g/mol. The first-order chi connectivity index (χ1) is 11.6. The monoisotopic (exact) mass is 322 g/mol. The topological polar surface area (TPSA) is 51.1 Å². The van der Waals surface area contributed by atoms with E-state index in [1.165, 1.54) is 12.8 Å². The SMILES string of the molecule is Cc1nc2nc(N3CCOC(C)C3)cc(C#CC3CC3)c2nc1C. The quantitative estimate of drug-likeness (QED) is 0.756. The molecule has 4 rings (SSSR count). The van der Waals surface area contributed by atoms with Gasteiger partial charge < -0.3 is 9.64 Å².